The van der Waals surface area contributed by atoms with Gasteiger partial charge >= 0.3 is 5.97 Å². The van der Waals surface area contributed by atoms with Crippen molar-refractivity contribution in [2.45, 2.75) is 65.1 Å². The third-order valence-electron chi connectivity index (χ3n) is 8.35. The van der Waals surface area contributed by atoms with Crippen molar-refractivity contribution in [3.63, 3.8) is 0 Å². The third-order valence-corrected chi connectivity index (χ3v) is 9.52. The Bertz CT molecular complexity index is 1690. The summed E-state index contributed by atoms with van der Waals surface area (Å²) < 4.78 is 5.96. The number of anilines is 1. The highest BCUT2D eigenvalue weighted by atomic mass is 32.1. The highest BCUT2D eigenvalue weighted by molar-refractivity contribution is 7.16. The van der Waals surface area contributed by atoms with E-state index in [0.717, 1.165) is 66.5 Å². The molecule has 0 spiro atoms. The van der Waals surface area contributed by atoms with Crippen LogP contribution in [0.4, 0.5) is 5.00 Å². The van der Waals surface area contributed by atoms with E-state index in [9.17, 15) is 14.9 Å². The molecule has 2 unspecified atom stereocenters. The van der Waals surface area contributed by atoms with Crippen molar-refractivity contribution < 1.29 is 14.3 Å². The predicted molar refractivity (Wildman–Crippen MR) is 164 cm³/mol. The van der Waals surface area contributed by atoms with Crippen LogP contribution in [0, 0.1) is 17.2 Å². The predicted octanol–water partition coefficient (Wildman–Crippen LogP) is 6.43. The van der Waals surface area contributed by atoms with Crippen molar-refractivity contribution in [3.8, 4) is 6.07 Å². The van der Waals surface area contributed by atoms with Crippen molar-refractivity contribution in [2.24, 2.45) is 5.92 Å². The Labute approximate surface area is 250 Å². The molecule has 7 nitrogen and oxygen atoms in total. The van der Waals surface area contributed by atoms with Gasteiger partial charge in [-0.2, -0.15) is 5.26 Å². The summed E-state index contributed by atoms with van der Waals surface area (Å²) in [5.74, 6) is -0.375. The summed E-state index contributed by atoms with van der Waals surface area (Å²) >= 11 is 1.47. The van der Waals surface area contributed by atoms with Crippen molar-refractivity contribution >= 4 is 39.1 Å². The van der Waals surface area contributed by atoms with E-state index >= 15 is 0 Å². The Balaban J connectivity index is 1.26. The second kappa shape index (κ2) is 12.0. The standard InChI is InChI=1S/C34H34N4O3S/c1-3-29(32(39)37-33-25(18-35)23-14-13-21(2)17-30(23)42-33)41-34(40)31-24-11-7-8-12-27(24)36-28-15-16-38(20-26(28)31)19-22-9-5-4-6-10-22/h4-12,21,29H,3,13-17,19-20H2,1-2H3,(H,37,39). The van der Waals surface area contributed by atoms with Gasteiger partial charge in [0.15, 0.2) is 6.10 Å². The minimum Gasteiger partial charge on any atom is -0.449 e. The molecule has 0 saturated heterocycles. The van der Waals surface area contributed by atoms with Gasteiger partial charge < -0.3 is 10.1 Å². The van der Waals surface area contributed by atoms with Crippen molar-refractivity contribution in [1.82, 2.24) is 9.88 Å². The van der Waals surface area contributed by atoms with E-state index in [-0.39, 0.29) is 0 Å². The molecule has 214 valence electrons. The lowest BCUT2D eigenvalue weighted by Gasteiger charge is -2.30. The molecule has 1 aliphatic carbocycles. The summed E-state index contributed by atoms with van der Waals surface area (Å²) in [6, 6.07) is 20.2. The number of thiophene rings is 1. The first-order chi connectivity index (χ1) is 20.4. The van der Waals surface area contributed by atoms with Gasteiger partial charge in [-0.05, 0) is 48.8 Å². The maximum Gasteiger partial charge on any atom is 0.340 e. The number of pyridine rings is 1. The average Bonchev–Trinajstić information content (AvgIpc) is 3.34. The number of nitrogens with zero attached hydrogens (tertiary/aromatic N) is 3. The lowest BCUT2D eigenvalue weighted by molar-refractivity contribution is -0.124. The number of nitriles is 1. The minimum absolute atomic E-state index is 0.312. The zero-order valence-corrected chi connectivity index (χ0v) is 24.8. The smallest absolute Gasteiger partial charge is 0.340 e. The molecule has 0 fully saturated rings. The number of ether oxygens (including phenoxy) is 1. The first-order valence-electron chi connectivity index (χ1n) is 14.7. The number of aromatic nitrogens is 1. The van der Waals surface area contributed by atoms with Gasteiger partial charge in [-0.1, -0.05) is 62.4 Å². The molecule has 2 aliphatic rings. The van der Waals surface area contributed by atoms with Crippen molar-refractivity contribution in [1.29, 1.82) is 5.26 Å². The summed E-state index contributed by atoms with van der Waals surface area (Å²) in [5.41, 5.74) is 5.80. The van der Waals surface area contributed by atoms with Crippen LogP contribution in [-0.2, 0) is 41.9 Å². The Morgan fingerprint density at radius 3 is 2.71 bits per heavy atom. The van der Waals surface area contributed by atoms with E-state index in [1.165, 1.54) is 21.8 Å². The van der Waals surface area contributed by atoms with Gasteiger partial charge in [-0.15, -0.1) is 11.3 Å². The number of nitrogens with one attached hydrogen (secondary N) is 1. The number of hydrogen-bond donors (Lipinski definition) is 1. The molecule has 8 heteroatoms. The first kappa shape index (κ1) is 28.1. The molecular weight excluding hydrogens is 544 g/mol. The van der Waals surface area contributed by atoms with Gasteiger partial charge in [0, 0.05) is 47.6 Å². The summed E-state index contributed by atoms with van der Waals surface area (Å²) in [6.07, 6.45) is 2.84. The monoisotopic (exact) mass is 578 g/mol. The lowest BCUT2D eigenvalue weighted by atomic mass is 9.88. The number of carbonyl (C=O) groups is 2. The largest absolute Gasteiger partial charge is 0.449 e. The van der Waals surface area contributed by atoms with Crippen LogP contribution in [0.5, 0.6) is 0 Å². The summed E-state index contributed by atoms with van der Waals surface area (Å²) in [4.78, 5) is 35.8. The molecule has 2 atom stereocenters. The van der Waals surface area contributed by atoms with E-state index in [4.69, 9.17) is 9.72 Å². The molecule has 1 N–H and O–H groups in total. The van der Waals surface area contributed by atoms with Gasteiger partial charge in [0.25, 0.3) is 5.91 Å². The van der Waals surface area contributed by atoms with Crippen LogP contribution in [-0.4, -0.2) is 34.4 Å². The summed E-state index contributed by atoms with van der Waals surface area (Å²) in [6.45, 7) is 6.21. The Hall–Kier alpha value is -4.06. The number of amides is 1. The van der Waals surface area contributed by atoms with Crippen LogP contribution in [0.1, 0.15) is 69.9 Å². The van der Waals surface area contributed by atoms with Crippen LogP contribution in [0.15, 0.2) is 54.6 Å². The molecule has 6 rings (SSSR count). The fourth-order valence-corrected chi connectivity index (χ4v) is 7.48. The van der Waals surface area contributed by atoms with Gasteiger partial charge in [0.1, 0.15) is 11.1 Å². The van der Waals surface area contributed by atoms with E-state index in [2.05, 4.69) is 35.3 Å². The maximum absolute atomic E-state index is 13.9. The molecule has 1 aliphatic heterocycles. The van der Waals surface area contributed by atoms with E-state index in [1.54, 1.807) is 0 Å². The van der Waals surface area contributed by atoms with Gasteiger partial charge in [0.2, 0.25) is 0 Å². The quantitative estimate of drug-likeness (QED) is 0.254. The number of para-hydroxylation sites is 1. The Morgan fingerprint density at radius 1 is 1.14 bits per heavy atom. The molecule has 1 amide bonds. The van der Waals surface area contributed by atoms with Crippen LogP contribution in [0.3, 0.4) is 0 Å². The molecule has 2 aromatic carbocycles. The second-order valence-electron chi connectivity index (χ2n) is 11.3. The minimum atomic E-state index is -0.992. The highest BCUT2D eigenvalue weighted by Crippen LogP contribution is 2.39. The number of hydrogen-bond acceptors (Lipinski definition) is 7. The lowest BCUT2D eigenvalue weighted by Crippen LogP contribution is -2.34. The molecule has 3 heterocycles. The highest BCUT2D eigenvalue weighted by Gasteiger charge is 2.31. The number of carbonyl (C=O) groups excluding carboxylic acids is 2. The van der Waals surface area contributed by atoms with Crippen LogP contribution in [0.2, 0.25) is 0 Å². The fraction of sp³-hybridized carbons (Fsp3) is 0.353. The molecule has 2 aromatic heterocycles. The SMILES string of the molecule is CCC(OC(=O)c1c2c(nc3ccccc13)CCN(Cc1ccccc1)C2)C(=O)Nc1sc2c(c1C#N)CCC(C)C2. The first-order valence-corrected chi connectivity index (χ1v) is 15.5. The Morgan fingerprint density at radius 2 is 1.93 bits per heavy atom. The van der Waals surface area contributed by atoms with Crippen LogP contribution < -0.4 is 5.32 Å². The van der Waals surface area contributed by atoms with Crippen LogP contribution >= 0.6 is 11.3 Å². The molecular formula is C34H34N4O3S. The zero-order valence-electron chi connectivity index (χ0n) is 24.0. The number of rotatable bonds is 7. The summed E-state index contributed by atoms with van der Waals surface area (Å²) in [7, 11) is 0. The normalized spacial score (nSPS) is 17.1. The molecule has 4 aromatic rings. The topological polar surface area (TPSA) is 95.3 Å². The van der Waals surface area contributed by atoms with Crippen molar-refractivity contribution in [2.75, 3.05) is 11.9 Å². The van der Waals surface area contributed by atoms with E-state index in [1.807, 2.05) is 49.4 Å². The Kier molecular flexibility index (Phi) is 8.05. The van der Waals surface area contributed by atoms with Gasteiger partial charge in [-0.25, -0.2) is 4.79 Å². The molecule has 0 saturated carbocycles. The number of benzene rings is 2. The maximum atomic E-state index is 13.9. The number of fused-ring (bicyclic) bond motifs is 3. The van der Waals surface area contributed by atoms with E-state index < -0.39 is 18.0 Å². The van der Waals surface area contributed by atoms with Gasteiger partial charge in [-0.3, -0.25) is 14.7 Å². The fourth-order valence-electron chi connectivity index (χ4n) is 6.12. The summed E-state index contributed by atoms with van der Waals surface area (Å²) in [5, 5.41) is 14.1. The van der Waals surface area contributed by atoms with Gasteiger partial charge in [0.05, 0.1) is 16.6 Å². The third kappa shape index (κ3) is 5.55. The van der Waals surface area contributed by atoms with Crippen LogP contribution in [0.25, 0.3) is 10.9 Å². The molecule has 0 radical (unpaired) electrons. The molecule has 0 bridgehead atoms. The number of esters is 1. The molecule has 42 heavy (non-hydrogen) atoms. The average molecular weight is 579 g/mol. The van der Waals surface area contributed by atoms with Crippen molar-refractivity contribution in [3.05, 3.63) is 93.0 Å². The van der Waals surface area contributed by atoms with E-state index in [0.29, 0.717) is 35.0 Å². The zero-order chi connectivity index (χ0) is 29.2. The second-order valence-corrected chi connectivity index (χ2v) is 12.4.